The number of carbonyl (C=O) groups is 1. The predicted molar refractivity (Wildman–Crippen MR) is 125 cm³/mol. The minimum Gasteiger partial charge on any atom is -0.454 e. The molecule has 1 amide bonds. The Morgan fingerprint density at radius 3 is 2.34 bits per heavy atom. The Morgan fingerprint density at radius 2 is 1.56 bits per heavy atom. The summed E-state index contributed by atoms with van der Waals surface area (Å²) >= 11 is 1.34. The molecular formula is C25H19N3O3S. The molecule has 3 aromatic carbocycles. The first-order valence-electron chi connectivity index (χ1n) is 10.1. The minimum atomic E-state index is -0.128. The molecule has 1 aliphatic rings. The summed E-state index contributed by atoms with van der Waals surface area (Å²) in [6.07, 6.45) is 0. The normalized spacial score (nSPS) is 11.9. The number of carbonyl (C=O) groups excluding carboxylic acids is 1. The van der Waals surface area contributed by atoms with Crippen molar-refractivity contribution in [3.63, 3.8) is 0 Å². The highest BCUT2D eigenvalue weighted by molar-refractivity contribution is 7.99. The molecule has 0 aliphatic carbocycles. The molecule has 0 spiro atoms. The number of fused-ring (bicyclic) bond motifs is 1. The van der Waals surface area contributed by atoms with Gasteiger partial charge in [0.1, 0.15) is 5.03 Å². The van der Waals surface area contributed by atoms with Crippen LogP contribution in [0.1, 0.15) is 0 Å². The lowest BCUT2D eigenvalue weighted by Crippen LogP contribution is -2.14. The molecular weight excluding hydrogens is 422 g/mol. The average Bonchev–Trinajstić information content (AvgIpc) is 3.32. The zero-order valence-electron chi connectivity index (χ0n) is 17.0. The lowest BCUT2D eigenvalue weighted by Gasteiger charge is -2.06. The van der Waals surface area contributed by atoms with E-state index >= 15 is 0 Å². The van der Waals surface area contributed by atoms with Gasteiger partial charge in [0, 0.05) is 17.3 Å². The van der Waals surface area contributed by atoms with Crippen LogP contribution in [-0.2, 0) is 4.79 Å². The summed E-state index contributed by atoms with van der Waals surface area (Å²) in [5, 5.41) is 12.1. The van der Waals surface area contributed by atoms with E-state index < -0.39 is 0 Å². The third-order valence-electron chi connectivity index (χ3n) is 4.94. The Hall–Kier alpha value is -3.84. The van der Waals surface area contributed by atoms with Crippen LogP contribution in [0.2, 0.25) is 0 Å². The highest BCUT2D eigenvalue weighted by atomic mass is 32.2. The first-order valence-corrected chi connectivity index (χ1v) is 11.0. The molecule has 6 nitrogen and oxygen atoms in total. The fourth-order valence-electron chi connectivity index (χ4n) is 3.33. The van der Waals surface area contributed by atoms with Crippen molar-refractivity contribution in [3.05, 3.63) is 84.9 Å². The molecule has 1 aliphatic heterocycles. The van der Waals surface area contributed by atoms with Crippen LogP contribution in [-0.4, -0.2) is 28.7 Å². The van der Waals surface area contributed by atoms with Crippen molar-refractivity contribution in [2.75, 3.05) is 17.9 Å². The zero-order chi connectivity index (χ0) is 21.8. The van der Waals surface area contributed by atoms with E-state index in [4.69, 9.17) is 9.47 Å². The van der Waals surface area contributed by atoms with Crippen molar-refractivity contribution in [2.45, 2.75) is 5.03 Å². The van der Waals surface area contributed by atoms with Gasteiger partial charge in [0.15, 0.2) is 11.5 Å². The van der Waals surface area contributed by atoms with Gasteiger partial charge in [-0.25, -0.2) is 0 Å². The fourth-order valence-corrected chi connectivity index (χ4v) is 3.94. The fraction of sp³-hybridized carbons (Fsp3) is 0.0800. The smallest absolute Gasteiger partial charge is 0.234 e. The molecule has 0 bridgehead atoms. The van der Waals surface area contributed by atoms with Crippen LogP contribution in [0.3, 0.4) is 0 Å². The SMILES string of the molecule is O=C(CSc1ccc(-c2ccc(-c3ccccc3)cc2)nn1)Nc1ccc2c(c1)OCO2. The molecule has 32 heavy (non-hydrogen) atoms. The number of rotatable bonds is 6. The largest absolute Gasteiger partial charge is 0.454 e. The molecule has 7 heteroatoms. The summed E-state index contributed by atoms with van der Waals surface area (Å²) in [4.78, 5) is 12.3. The van der Waals surface area contributed by atoms with E-state index in [1.807, 2.05) is 42.5 Å². The number of hydrogen-bond acceptors (Lipinski definition) is 6. The molecule has 0 fully saturated rings. The van der Waals surface area contributed by atoms with Crippen molar-refractivity contribution >= 4 is 23.4 Å². The molecule has 2 heterocycles. The number of benzene rings is 3. The second-order valence-corrected chi connectivity index (χ2v) is 8.10. The highest BCUT2D eigenvalue weighted by Gasteiger charge is 2.14. The third-order valence-corrected chi connectivity index (χ3v) is 5.86. The Balaban J connectivity index is 1.17. The number of nitrogens with zero attached hydrogens (tertiary/aromatic N) is 2. The van der Waals surface area contributed by atoms with Gasteiger partial charge in [-0.1, -0.05) is 66.4 Å². The Kier molecular flexibility index (Phi) is 5.72. The molecule has 1 aromatic heterocycles. The van der Waals surface area contributed by atoms with Gasteiger partial charge in [0.25, 0.3) is 0 Å². The lowest BCUT2D eigenvalue weighted by atomic mass is 10.0. The summed E-state index contributed by atoms with van der Waals surface area (Å²) in [6.45, 7) is 0.203. The topological polar surface area (TPSA) is 73.3 Å². The van der Waals surface area contributed by atoms with E-state index in [1.165, 1.54) is 17.3 Å². The quantitative estimate of drug-likeness (QED) is 0.411. The van der Waals surface area contributed by atoms with Crippen LogP contribution in [0.4, 0.5) is 5.69 Å². The number of nitrogens with one attached hydrogen (secondary N) is 1. The van der Waals surface area contributed by atoms with Crippen molar-refractivity contribution < 1.29 is 14.3 Å². The van der Waals surface area contributed by atoms with Crippen molar-refractivity contribution in [1.29, 1.82) is 0 Å². The van der Waals surface area contributed by atoms with E-state index in [0.717, 1.165) is 16.8 Å². The Morgan fingerprint density at radius 1 is 0.812 bits per heavy atom. The number of ether oxygens (including phenoxy) is 2. The summed E-state index contributed by atoms with van der Waals surface area (Å²) < 4.78 is 10.6. The summed E-state index contributed by atoms with van der Waals surface area (Å²) in [7, 11) is 0. The zero-order valence-corrected chi connectivity index (χ0v) is 17.8. The second-order valence-electron chi connectivity index (χ2n) is 7.11. The number of aromatic nitrogens is 2. The van der Waals surface area contributed by atoms with Gasteiger partial charge in [-0.05, 0) is 35.4 Å². The standard InChI is InChI=1S/C25H19N3O3S/c29-24(26-20-10-12-22-23(14-20)31-16-30-22)15-32-25-13-11-21(27-28-25)19-8-6-18(7-9-19)17-4-2-1-3-5-17/h1-14H,15-16H2,(H,26,29). The van der Waals surface area contributed by atoms with E-state index in [9.17, 15) is 4.79 Å². The maximum absolute atomic E-state index is 12.3. The van der Waals surface area contributed by atoms with E-state index in [2.05, 4.69) is 39.8 Å². The molecule has 158 valence electrons. The molecule has 5 rings (SSSR count). The van der Waals surface area contributed by atoms with Crippen molar-refractivity contribution in [2.24, 2.45) is 0 Å². The van der Waals surface area contributed by atoms with Gasteiger partial charge >= 0.3 is 0 Å². The predicted octanol–water partition coefficient (Wildman–Crippen LogP) is 5.27. The van der Waals surface area contributed by atoms with Crippen LogP contribution in [0.5, 0.6) is 11.5 Å². The van der Waals surface area contributed by atoms with Gasteiger partial charge in [-0.3, -0.25) is 4.79 Å². The molecule has 0 atom stereocenters. The van der Waals surface area contributed by atoms with Crippen LogP contribution in [0.25, 0.3) is 22.4 Å². The molecule has 0 saturated heterocycles. The van der Waals surface area contributed by atoms with Gasteiger partial charge < -0.3 is 14.8 Å². The molecule has 1 N–H and O–H groups in total. The lowest BCUT2D eigenvalue weighted by molar-refractivity contribution is -0.113. The first-order chi connectivity index (χ1) is 15.7. The summed E-state index contributed by atoms with van der Waals surface area (Å²) in [5.74, 6) is 1.42. The summed E-state index contributed by atoms with van der Waals surface area (Å²) in [6, 6.07) is 27.6. The molecule has 0 radical (unpaired) electrons. The molecule has 4 aromatic rings. The Labute approximate surface area is 189 Å². The number of thioether (sulfide) groups is 1. The maximum Gasteiger partial charge on any atom is 0.234 e. The van der Waals surface area contributed by atoms with Crippen LogP contribution >= 0.6 is 11.8 Å². The van der Waals surface area contributed by atoms with Crippen LogP contribution in [0, 0.1) is 0 Å². The highest BCUT2D eigenvalue weighted by Crippen LogP contribution is 2.34. The Bertz CT molecular complexity index is 1230. The maximum atomic E-state index is 12.3. The van der Waals surface area contributed by atoms with Crippen molar-refractivity contribution in [1.82, 2.24) is 10.2 Å². The molecule has 0 unspecified atom stereocenters. The minimum absolute atomic E-state index is 0.128. The van der Waals surface area contributed by atoms with E-state index in [0.29, 0.717) is 22.2 Å². The van der Waals surface area contributed by atoms with Gasteiger partial charge in [0.05, 0.1) is 11.4 Å². The van der Waals surface area contributed by atoms with Gasteiger partial charge in [0.2, 0.25) is 12.7 Å². The number of amides is 1. The second kappa shape index (κ2) is 9.11. The van der Waals surface area contributed by atoms with Crippen LogP contribution in [0.15, 0.2) is 90.0 Å². The number of hydrogen-bond donors (Lipinski definition) is 1. The van der Waals surface area contributed by atoms with Crippen LogP contribution < -0.4 is 14.8 Å². The van der Waals surface area contributed by atoms with Gasteiger partial charge in [-0.15, -0.1) is 10.2 Å². The molecule has 0 saturated carbocycles. The van der Waals surface area contributed by atoms with E-state index in [-0.39, 0.29) is 18.5 Å². The van der Waals surface area contributed by atoms with Crippen molar-refractivity contribution in [3.8, 4) is 33.9 Å². The third kappa shape index (κ3) is 4.58. The number of anilines is 1. The average molecular weight is 442 g/mol. The first kappa shape index (κ1) is 20.1. The summed E-state index contributed by atoms with van der Waals surface area (Å²) in [5.41, 5.74) is 4.78. The van der Waals surface area contributed by atoms with E-state index in [1.54, 1.807) is 18.2 Å². The van der Waals surface area contributed by atoms with Gasteiger partial charge in [-0.2, -0.15) is 0 Å². The monoisotopic (exact) mass is 441 g/mol.